The van der Waals surface area contributed by atoms with E-state index in [9.17, 15) is 29.8 Å². The van der Waals surface area contributed by atoms with Gasteiger partial charge in [0.2, 0.25) is 11.5 Å². The van der Waals surface area contributed by atoms with E-state index in [1.54, 1.807) is 70.4 Å². The highest BCUT2D eigenvalue weighted by Crippen LogP contribution is 2.23. The number of carboxylic acids is 1. The lowest BCUT2D eigenvalue weighted by molar-refractivity contribution is -0.385. The number of H-pyrrole nitrogens is 1. The maximum atomic E-state index is 12.4. The van der Waals surface area contributed by atoms with Crippen LogP contribution in [0.5, 0.6) is 0 Å². The Balaban J connectivity index is 0.000000155. The zero-order chi connectivity index (χ0) is 61.4. The van der Waals surface area contributed by atoms with Crippen LogP contribution < -0.4 is 5.73 Å². The van der Waals surface area contributed by atoms with Crippen LogP contribution in [0.4, 0.5) is 17.1 Å². The van der Waals surface area contributed by atoms with Gasteiger partial charge in [-0.3, -0.25) is 44.2 Å². The first kappa shape index (κ1) is 63.7. The van der Waals surface area contributed by atoms with Gasteiger partial charge in [-0.2, -0.15) is 20.4 Å². The summed E-state index contributed by atoms with van der Waals surface area (Å²) < 4.78 is 25.2. The topological polar surface area (TPSA) is 327 Å². The molecule has 24 nitrogen and oxygen atoms in total. The molecule has 4 aromatic carbocycles. The van der Waals surface area contributed by atoms with Crippen LogP contribution in [0.3, 0.4) is 0 Å². The number of hydrogen-bond donors (Lipinski definition) is 3. The maximum absolute atomic E-state index is 12.4. The Bertz CT molecular complexity index is 4070. The molecule has 0 unspecified atom stereocenters. The van der Waals surface area contributed by atoms with Crippen molar-refractivity contribution in [3.05, 3.63) is 275 Å². The maximum Gasteiger partial charge on any atom is 0.358 e. The molecule has 0 aliphatic heterocycles. The van der Waals surface area contributed by atoms with Gasteiger partial charge < -0.3 is 28.7 Å². The first-order valence-corrected chi connectivity index (χ1v) is 27.5. The molecule has 4 N–H and O–H groups in total. The van der Waals surface area contributed by atoms with Crippen LogP contribution in [-0.4, -0.2) is 76.6 Å². The Morgan fingerprint density at radius 3 is 1.42 bits per heavy atom. The zero-order valence-corrected chi connectivity index (χ0v) is 49.0. The molecule has 0 amide bonds. The van der Waals surface area contributed by atoms with Gasteiger partial charge in [-0.15, -0.1) is 0 Å². The van der Waals surface area contributed by atoms with E-state index in [1.807, 2.05) is 91.1 Å². The third kappa shape index (κ3) is 20.8. The Morgan fingerprint density at radius 1 is 0.558 bits per heavy atom. The minimum atomic E-state index is -1.12. The molecule has 440 valence electrons. The van der Waals surface area contributed by atoms with E-state index in [0.29, 0.717) is 58.4 Å². The van der Waals surface area contributed by atoms with Crippen LogP contribution in [0.2, 0.25) is 20.1 Å². The van der Waals surface area contributed by atoms with Crippen molar-refractivity contribution in [2.75, 3.05) is 5.73 Å². The molecule has 86 heavy (non-hydrogen) atoms. The van der Waals surface area contributed by atoms with Gasteiger partial charge >= 0.3 is 17.3 Å². The van der Waals surface area contributed by atoms with Crippen LogP contribution in [0.15, 0.2) is 213 Å². The summed E-state index contributed by atoms with van der Waals surface area (Å²) in [7, 11) is 0. The quantitative estimate of drug-likeness (QED) is 0.0371. The van der Waals surface area contributed by atoms with Crippen molar-refractivity contribution in [3.63, 3.8) is 0 Å². The summed E-state index contributed by atoms with van der Waals surface area (Å²) in [4.78, 5) is 42.1. The molecule has 0 radical (unpaired) electrons. The number of halogens is 5. The number of nitrogens with two attached hydrogens (primary N) is 1. The monoisotopic (exact) mass is 1310 g/mol. The molecule has 0 spiro atoms. The van der Waals surface area contributed by atoms with Crippen molar-refractivity contribution in [3.8, 4) is 23.0 Å². The molecule has 0 saturated heterocycles. The number of aromatic carboxylic acids is 1. The first-order chi connectivity index (χ1) is 41.5. The number of carbonyl (C=O) groups is 2. The second-order valence-electron chi connectivity index (χ2n) is 17.6. The molecule has 29 heteroatoms. The van der Waals surface area contributed by atoms with Gasteiger partial charge in [0.05, 0.1) is 66.3 Å². The van der Waals surface area contributed by atoms with Crippen molar-refractivity contribution < 1.29 is 42.4 Å². The number of carbonyl (C=O) groups excluding carboxylic acids is 1. The van der Waals surface area contributed by atoms with Gasteiger partial charge in [-0.05, 0) is 101 Å². The smallest absolute Gasteiger partial charge is 0.358 e. The number of nitrogens with one attached hydrogen (secondary N) is 1. The highest BCUT2D eigenvalue weighted by atomic mass is 79.9. The summed E-state index contributed by atoms with van der Waals surface area (Å²) in [5, 5.41) is 57.7. The summed E-state index contributed by atoms with van der Waals surface area (Å²) in [6, 6.07) is 40.1. The number of hydrogen-bond acceptors (Lipinski definition) is 17. The number of nitrogen functional groups attached to an aromatic ring is 1. The fraction of sp³-hybridized carbons (Fsp3) is 0.0877. The van der Waals surface area contributed by atoms with E-state index in [4.69, 9.17) is 75.1 Å². The van der Waals surface area contributed by atoms with Gasteiger partial charge in [0.25, 0.3) is 0 Å². The number of aromatic nitrogens is 10. The SMILES string of the molecule is Clc1cccc(CBr)c1.Nc1cnn(Cc2cccc(Cl)c2)c1.O=C(Cc1cnn(Cc2cccc(Cl)c2)c1)c1cc(-c2ccco2)on1.O=C(O)c1cc(-c2ccco2)on1.O=[N+]([O-])c1cn[nH]c1.O=[N+]([O-])c1cnn(Cc2cccc(Cl)c2)c1. The number of ketones is 1. The number of furan rings is 2. The summed E-state index contributed by atoms with van der Waals surface area (Å²) in [6.45, 7) is 1.74. The molecular weight excluding hydrogens is 1260 g/mol. The van der Waals surface area contributed by atoms with Crippen molar-refractivity contribution in [1.29, 1.82) is 0 Å². The van der Waals surface area contributed by atoms with Gasteiger partial charge in [-0.25, -0.2) is 4.79 Å². The molecule has 8 aromatic heterocycles. The standard InChI is InChI=1S/C19H14ClN3O3.C10H8ClN3O2.C10H10ClN3.C8H5NO4.C7H6BrCl.C3H3N3O2/c20-15-4-1-3-13(7-15)11-23-12-14(10-21-23)8-17(24)16-9-19(26-22-16)18-5-2-6-25-18;11-9-3-1-2-8(4-9)6-13-7-10(5-12-13)14(15)16;11-9-3-1-2-8(4-9)6-14-7-10(12)5-13-14;10-8(11)5-4-7(13-9-5)6-2-1-3-12-6;8-5-6-2-1-3-7(9)4-6;7-6(8)3-1-4-5-2-3/h1-7,9-10,12H,8,11H2;1-5,7H,6H2;1-5,7H,6,12H2;1-4H,(H,10,11);1-4H,5H2;1-2H,(H,4,5). The fourth-order valence-electron chi connectivity index (χ4n) is 7.14. The second-order valence-corrected chi connectivity index (χ2v) is 19.9. The van der Waals surface area contributed by atoms with Crippen molar-refractivity contribution in [2.24, 2.45) is 0 Å². The number of alkyl halides is 1. The van der Waals surface area contributed by atoms with E-state index < -0.39 is 15.8 Å². The van der Waals surface area contributed by atoms with Gasteiger partial charge in [0.1, 0.15) is 18.6 Å². The molecule has 0 atom stereocenters. The Labute approximate surface area is 515 Å². The number of nitrogens with zero attached hydrogens (tertiary/aromatic N) is 11. The number of aromatic amines is 1. The molecule has 12 rings (SSSR count). The second kappa shape index (κ2) is 32.2. The lowest BCUT2D eigenvalue weighted by Crippen LogP contribution is -2.03. The largest absolute Gasteiger partial charge is 0.476 e. The molecule has 8 heterocycles. The van der Waals surface area contributed by atoms with E-state index in [0.717, 1.165) is 43.8 Å². The number of Topliss-reactive ketones (excluding diaryl/α,β-unsaturated/α-hetero) is 1. The van der Waals surface area contributed by atoms with E-state index in [-0.39, 0.29) is 35.0 Å². The highest BCUT2D eigenvalue weighted by molar-refractivity contribution is 9.08. The van der Waals surface area contributed by atoms with Crippen molar-refractivity contribution in [2.45, 2.75) is 31.4 Å². The molecule has 0 aliphatic carbocycles. The number of anilines is 1. The zero-order valence-electron chi connectivity index (χ0n) is 44.4. The average molecular weight is 1310 g/mol. The lowest BCUT2D eigenvalue weighted by atomic mass is 10.1. The minimum Gasteiger partial charge on any atom is -0.476 e. The summed E-state index contributed by atoms with van der Waals surface area (Å²) in [5.41, 5.74) is 11.5. The molecule has 0 fully saturated rings. The minimum absolute atomic E-state index is 0.00926. The average Bonchev–Trinajstić information content (AvgIpc) is 4.44. The first-order valence-electron chi connectivity index (χ1n) is 24.9. The number of benzene rings is 4. The Morgan fingerprint density at radius 2 is 1.02 bits per heavy atom. The van der Waals surface area contributed by atoms with E-state index in [1.165, 1.54) is 47.4 Å². The molecular formula is C57H46BrCl4N13O11. The summed E-state index contributed by atoms with van der Waals surface area (Å²) in [6.07, 6.45) is 15.1. The predicted octanol–water partition coefficient (Wildman–Crippen LogP) is 14.1. The fourth-order valence-corrected chi connectivity index (χ4v) is 8.34. The van der Waals surface area contributed by atoms with Crippen LogP contribution in [0.25, 0.3) is 23.0 Å². The number of nitro groups is 2. The summed E-state index contributed by atoms with van der Waals surface area (Å²) >= 11 is 26.7. The third-order valence-corrected chi connectivity index (χ3v) is 12.6. The summed E-state index contributed by atoms with van der Waals surface area (Å²) in [5.74, 6) is 0.457. The van der Waals surface area contributed by atoms with Crippen molar-refractivity contribution >= 4 is 91.1 Å². The normalized spacial score (nSPS) is 10.3. The van der Waals surface area contributed by atoms with Crippen LogP contribution in [-0.2, 0) is 31.4 Å². The molecule has 0 saturated carbocycles. The van der Waals surface area contributed by atoms with Gasteiger partial charge in [0, 0.05) is 56.4 Å². The number of rotatable bonds is 15. The van der Waals surface area contributed by atoms with Crippen LogP contribution in [0, 0.1) is 20.2 Å². The van der Waals surface area contributed by atoms with Gasteiger partial charge in [-0.1, -0.05) is 121 Å². The van der Waals surface area contributed by atoms with Crippen molar-refractivity contribution in [1.82, 2.24) is 49.9 Å². The highest BCUT2D eigenvalue weighted by Gasteiger charge is 2.17. The van der Waals surface area contributed by atoms with Gasteiger partial charge in [0.15, 0.2) is 28.7 Å². The molecule has 12 aromatic rings. The van der Waals surface area contributed by atoms with Crippen LogP contribution in [0.1, 0.15) is 48.8 Å². The van der Waals surface area contributed by atoms with E-state index in [2.05, 4.69) is 51.7 Å². The molecule has 0 bridgehead atoms. The Hall–Kier alpha value is -9.92. The third-order valence-electron chi connectivity index (χ3n) is 11.0. The Kier molecular flexibility index (Phi) is 23.9. The lowest BCUT2D eigenvalue weighted by Gasteiger charge is -2.02. The number of carboxylic acid groups (broad SMARTS) is 1. The van der Waals surface area contributed by atoms with E-state index >= 15 is 0 Å². The predicted molar refractivity (Wildman–Crippen MR) is 322 cm³/mol. The molecule has 0 aliphatic rings. The van der Waals surface area contributed by atoms with Crippen LogP contribution >= 0.6 is 62.3 Å².